The lowest BCUT2D eigenvalue weighted by molar-refractivity contribution is -0.151. The van der Waals surface area contributed by atoms with Gasteiger partial charge in [0.2, 0.25) is 17.7 Å². The fraction of sp³-hybridized carbons (Fsp3) is 0.615. The van der Waals surface area contributed by atoms with Crippen molar-refractivity contribution in [1.82, 2.24) is 14.7 Å². The number of ether oxygens (including phenoxy) is 2. The predicted octanol–water partition coefficient (Wildman–Crippen LogP) is 1.15. The molecule has 0 aromatic carbocycles. The van der Waals surface area contributed by atoms with Crippen LogP contribution in [0.3, 0.4) is 0 Å². The maximum atomic E-state index is 11.4. The van der Waals surface area contributed by atoms with Crippen molar-refractivity contribution in [3.05, 3.63) is 25.3 Å². The number of carbonyl (C=O) groups excluding carboxylic acids is 5. The van der Waals surface area contributed by atoms with Crippen LogP contribution in [0.15, 0.2) is 25.3 Å². The molecule has 3 fully saturated rings. The molecule has 12 nitrogen and oxygen atoms in total. The number of nitrogens with zero attached hydrogens (tertiary/aromatic N) is 3. The number of methoxy groups -OCH3 is 2. The lowest BCUT2D eigenvalue weighted by Crippen LogP contribution is -2.42. The minimum Gasteiger partial charge on any atom is -0.480 e. The molecule has 38 heavy (non-hydrogen) atoms. The highest BCUT2D eigenvalue weighted by atomic mass is 16.5. The molecule has 0 aliphatic carbocycles. The molecule has 12 heteroatoms. The molecule has 3 aliphatic rings. The molecule has 0 bridgehead atoms. The van der Waals surface area contributed by atoms with E-state index in [1.807, 2.05) is 0 Å². The van der Waals surface area contributed by atoms with Crippen LogP contribution in [0.25, 0.3) is 0 Å². The van der Waals surface area contributed by atoms with Crippen molar-refractivity contribution < 1.29 is 43.3 Å². The van der Waals surface area contributed by atoms with Crippen molar-refractivity contribution in [3.63, 3.8) is 0 Å². The van der Waals surface area contributed by atoms with Crippen LogP contribution in [0.2, 0.25) is 0 Å². The molecule has 0 aromatic rings. The van der Waals surface area contributed by atoms with Gasteiger partial charge in [0.05, 0.1) is 14.2 Å². The standard InChI is InChI=1S/C10H15NO3.C9H13NO3.C7H11NO3/c1-3-5-8(10(13)14-2)11-7-4-6-9(11)12;1-2-4-7(9(12)13)10-6-3-5-8(10)11;1-11-7(10)5-8-4-2-3-6(8)9/h3,8H,1,4-7H2,2H3;2,7H,1,3-6H2,(H,12,13);2-5H2,1H3. The maximum absolute atomic E-state index is 11.4. The van der Waals surface area contributed by atoms with Gasteiger partial charge in [0.25, 0.3) is 0 Å². The van der Waals surface area contributed by atoms with Crippen LogP contribution in [0.5, 0.6) is 0 Å². The van der Waals surface area contributed by atoms with E-state index < -0.39 is 18.1 Å². The van der Waals surface area contributed by atoms with Crippen LogP contribution >= 0.6 is 0 Å². The molecule has 3 heterocycles. The number of esters is 2. The van der Waals surface area contributed by atoms with Crippen molar-refractivity contribution in [2.45, 2.75) is 63.5 Å². The first kappa shape index (κ1) is 32.3. The molecule has 3 rings (SSSR count). The van der Waals surface area contributed by atoms with Crippen molar-refractivity contribution >= 4 is 35.6 Å². The Morgan fingerprint density at radius 3 is 1.66 bits per heavy atom. The molecule has 3 saturated heterocycles. The second kappa shape index (κ2) is 16.9. The second-order valence-corrected chi connectivity index (χ2v) is 8.82. The highest BCUT2D eigenvalue weighted by Crippen LogP contribution is 2.17. The minimum absolute atomic E-state index is 0.0299. The monoisotopic (exact) mass is 537 g/mol. The predicted molar refractivity (Wildman–Crippen MR) is 137 cm³/mol. The first-order chi connectivity index (χ1) is 18.1. The number of likely N-dealkylation sites (tertiary alicyclic amines) is 3. The van der Waals surface area contributed by atoms with Gasteiger partial charge in [0, 0.05) is 38.9 Å². The molecule has 0 aromatic heterocycles. The summed E-state index contributed by atoms with van der Waals surface area (Å²) in [6, 6.07) is -1.19. The summed E-state index contributed by atoms with van der Waals surface area (Å²) >= 11 is 0. The van der Waals surface area contributed by atoms with Gasteiger partial charge in [-0.3, -0.25) is 19.2 Å². The van der Waals surface area contributed by atoms with Gasteiger partial charge < -0.3 is 29.3 Å². The molecule has 0 radical (unpaired) electrons. The van der Waals surface area contributed by atoms with Gasteiger partial charge >= 0.3 is 17.9 Å². The Bertz CT molecular complexity index is 889. The van der Waals surface area contributed by atoms with Crippen LogP contribution in [0, 0.1) is 0 Å². The van der Waals surface area contributed by atoms with Crippen molar-refractivity contribution in [2.75, 3.05) is 40.4 Å². The molecule has 212 valence electrons. The average Bonchev–Trinajstić information content (AvgIpc) is 3.63. The Kier molecular flexibility index (Phi) is 14.4. The molecular weight excluding hydrogens is 498 g/mol. The summed E-state index contributed by atoms with van der Waals surface area (Å²) in [5.74, 6) is -1.64. The van der Waals surface area contributed by atoms with Gasteiger partial charge in [-0.2, -0.15) is 0 Å². The third-order valence-corrected chi connectivity index (χ3v) is 6.23. The second-order valence-electron chi connectivity index (χ2n) is 8.82. The Morgan fingerprint density at radius 1 is 0.816 bits per heavy atom. The molecule has 3 aliphatic heterocycles. The van der Waals surface area contributed by atoms with E-state index in [1.165, 1.54) is 30.1 Å². The Hall–Kier alpha value is -3.70. The highest BCUT2D eigenvalue weighted by Gasteiger charge is 2.33. The fourth-order valence-corrected chi connectivity index (χ4v) is 4.25. The quantitative estimate of drug-likeness (QED) is 0.320. The average molecular weight is 538 g/mol. The van der Waals surface area contributed by atoms with Crippen LogP contribution in [-0.2, 0) is 38.2 Å². The number of aliphatic carboxylic acids is 1. The van der Waals surface area contributed by atoms with Gasteiger partial charge in [-0.25, -0.2) is 9.59 Å². The fourth-order valence-electron chi connectivity index (χ4n) is 4.25. The molecular formula is C26H39N3O9. The summed E-state index contributed by atoms with van der Waals surface area (Å²) in [6.07, 6.45) is 7.96. The largest absolute Gasteiger partial charge is 0.480 e. The number of carbonyl (C=O) groups is 6. The molecule has 2 unspecified atom stereocenters. The number of hydrogen-bond donors (Lipinski definition) is 1. The highest BCUT2D eigenvalue weighted by molar-refractivity contribution is 5.86. The third-order valence-electron chi connectivity index (χ3n) is 6.23. The first-order valence-corrected chi connectivity index (χ1v) is 12.6. The Morgan fingerprint density at radius 2 is 1.29 bits per heavy atom. The van der Waals surface area contributed by atoms with Crippen molar-refractivity contribution in [3.8, 4) is 0 Å². The molecule has 0 spiro atoms. The Labute approximate surface area is 223 Å². The van der Waals surface area contributed by atoms with E-state index in [-0.39, 0.29) is 36.2 Å². The zero-order valence-electron chi connectivity index (χ0n) is 22.3. The zero-order valence-corrected chi connectivity index (χ0v) is 22.3. The van der Waals surface area contributed by atoms with E-state index in [0.29, 0.717) is 51.7 Å². The van der Waals surface area contributed by atoms with Gasteiger partial charge in [-0.05, 0) is 32.1 Å². The van der Waals surface area contributed by atoms with Crippen LogP contribution in [0.1, 0.15) is 51.4 Å². The molecule has 3 amide bonds. The number of hydrogen-bond acceptors (Lipinski definition) is 8. The van der Waals surface area contributed by atoms with Gasteiger partial charge in [-0.1, -0.05) is 12.2 Å². The smallest absolute Gasteiger partial charge is 0.328 e. The van der Waals surface area contributed by atoms with E-state index in [2.05, 4.69) is 22.6 Å². The van der Waals surface area contributed by atoms with Crippen LogP contribution in [0.4, 0.5) is 0 Å². The Balaban J connectivity index is 0.000000287. The molecule has 0 saturated carbocycles. The lowest BCUT2D eigenvalue weighted by atomic mass is 10.2. The van der Waals surface area contributed by atoms with Crippen molar-refractivity contribution in [1.29, 1.82) is 0 Å². The van der Waals surface area contributed by atoms with E-state index in [0.717, 1.165) is 19.3 Å². The normalized spacial score (nSPS) is 18.1. The third kappa shape index (κ3) is 9.98. The van der Waals surface area contributed by atoms with E-state index >= 15 is 0 Å². The summed E-state index contributed by atoms with van der Waals surface area (Å²) in [5.41, 5.74) is 0. The topological polar surface area (TPSA) is 151 Å². The number of amides is 3. The van der Waals surface area contributed by atoms with E-state index in [1.54, 1.807) is 11.0 Å². The van der Waals surface area contributed by atoms with Crippen molar-refractivity contribution in [2.24, 2.45) is 0 Å². The van der Waals surface area contributed by atoms with Crippen LogP contribution in [-0.4, -0.2) is 108 Å². The van der Waals surface area contributed by atoms with Gasteiger partial charge in [0.15, 0.2) is 0 Å². The zero-order chi connectivity index (χ0) is 28.7. The maximum Gasteiger partial charge on any atom is 0.328 e. The lowest BCUT2D eigenvalue weighted by Gasteiger charge is -2.24. The van der Waals surface area contributed by atoms with E-state index in [4.69, 9.17) is 5.11 Å². The number of carboxylic acid groups (broad SMARTS) is 1. The van der Waals surface area contributed by atoms with E-state index in [9.17, 15) is 28.8 Å². The molecule has 2 atom stereocenters. The SMILES string of the molecule is C=CCC(C(=O)O)N1CCCC1=O.C=CCC(C(=O)OC)N1CCCC1=O.COC(=O)CN1CCCC1=O. The summed E-state index contributed by atoms with van der Waals surface area (Å²) in [5, 5.41) is 8.84. The van der Waals surface area contributed by atoms with Gasteiger partial charge in [-0.15, -0.1) is 13.2 Å². The first-order valence-electron chi connectivity index (χ1n) is 12.6. The summed E-state index contributed by atoms with van der Waals surface area (Å²) in [6.45, 7) is 9.05. The minimum atomic E-state index is -0.949. The van der Waals surface area contributed by atoms with Gasteiger partial charge in [0.1, 0.15) is 18.6 Å². The summed E-state index contributed by atoms with van der Waals surface area (Å²) in [7, 11) is 2.65. The number of rotatable bonds is 10. The van der Waals surface area contributed by atoms with Crippen LogP contribution < -0.4 is 0 Å². The number of carboxylic acids is 1. The molecule has 1 N–H and O–H groups in total. The summed E-state index contributed by atoms with van der Waals surface area (Å²) in [4.78, 5) is 70.9. The summed E-state index contributed by atoms with van der Waals surface area (Å²) < 4.78 is 9.07.